The molecule has 1 heterocycles. The standard InChI is InChI=1S/C20H21ClN4O4/c21-17-10-16(11-18(12-17)25(28)29)20(27)22-13-19(26)24-8-6-23(7-9-24)14-15-4-2-1-3-5-15/h1-5,10-12H,6-9,13-14H2,(H,22,27)/p+1. The molecule has 0 bridgehead atoms. The fraction of sp³-hybridized carbons (Fsp3) is 0.300. The van der Waals surface area contributed by atoms with Crippen LogP contribution in [0.2, 0.25) is 5.02 Å². The zero-order valence-electron chi connectivity index (χ0n) is 15.8. The molecular formula is C20H22ClN4O4+. The highest BCUT2D eigenvalue weighted by Crippen LogP contribution is 2.20. The smallest absolute Gasteiger partial charge is 0.271 e. The number of nitro benzene ring substituents is 1. The van der Waals surface area contributed by atoms with Crippen LogP contribution < -0.4 is 10.2 Å². The van der Waals surface area contributed by atoms with Crippen molar-refractivity contribution in [2.24, 2.45) is 0 Å². The predicted octanol–water partition coefficient (Wildman–Crippen LogP) is 0.905. The third-order valence-electron chi connectivity index (χ3n) is 4.88. The number of carbonyl (C=O) groups excluding carboxylic acids is 2. The van der Waals surface area contributed by atoms with E-state index in [0.717, 1.165) is 25.7 Å². The van der Waals surface area contributed by atoms with E-state index in [1.807, 2.05) is 18.2 Å². The van der Waals surface area contributed by atoms with Gasteiger partial charge in [-0.05, 0) is 6.07 Å². The zero-order valence-corrected chi connectivity index (χ0v) is 16.5. The van der Waals surface area contributed by atoms with E-state index in [9.17, 15) is 19.7 Å². The average Bonchev–Trinajstić information content (AvgIpc) is 2.72. The number of amides is 2. The van der Waals surface area contributed by atoms with E-state index in [0.29, 0.717) is 13.1 Å². The molecule has 2 N–H and O–H groups in total. The van der Waals surface area contributed by atoms with Gasteiger partial charge < -0.3 is 15.1 Å². The van der Waals surface area contributed by atoms with Crippen molar-refractivity contribution in [3.8, 4) is 0 Å². The number of hydrogen-bond acceptors (Lipinski definition) is 4. The first kappa shape index (κ1) is 20.8. The summed E-state index contributed by atoms with van der Waals surface area (Å²) in [5, 5.41) is 13.5. The average molecular weight is 418 g/mol. The zero-order chi connectivity index (χ0) is 20.8. The molecule has 0 unspecified atom stereocenters. The Balaban J connectivity index is 1.48. The summed E-state index contributed by atoms with van der Waals surface area (Å²) in [4.78, 5) is 38.1. The van der Waals surface area contributed by atoms with Gasteiger partial charge >= 0.3 is 0 Å². The molecule has 1 aliphatic heterocycles. The first-order valence-electron chi connectivity index (χ1n) is 9.31. The van der Waals surface area contributed by atoms with Gasteiger partial charge in [0.05, 0.1) is 37.6 Å². The monoisotopic (exact) mass is 417 g/mol. The van der Waals surface area contributed by atoms with Gasteiger partial charge in [0, 0.05) is 28.3 Å². The van der Waals surface area contributed by atoms with Crippen LogP contribution in [-0.4, -0.2) is 54.4 Å². The maximum Gasteiger partial charge on any atom is 0.271 e. The maximum atomic E-state index is 12.4. The lowest BCUT2D eigenvalue weighted by atomic mass is 10.2. The molecule has 0 saturated carbocycles. The number of carbonyl (C=O) groups is 2. The van der Waals surface area contributed by atoms with E-state index >= 15 is 0 Å². The van der Waals surface area contributed by atoms with Crippen molar-refractivity contribution >= 4 is 29.1 Å². The minimum atomic E-state index is -0.620. The van der Waals surface area contributed by atoms with Crippen molar-refractivity contribution in [2.75, 3.05) is 32.7 Å². The first-order chi connectivity index (χ1) is 13.9. The van der Waals surface area contributed by atoms with Crippen LogP contribution in [0.3, 0.4) is 0 Å². The molecule has 2 amide bonds. The maximum absolute atomic E-state index is 12.4. The highest BCUT2D eigenvalue weighted by atomic mass is 35.5. The van der Waals surface area contributed by atoms with Crippen LogP contribution >= 0.6 is 11.6 Å². The number of nitrogens with zero attached hydrogens (tertiary/aromatic N) is 2. The minimum Gasteiger partial charge on any atom is -0.343 e. The predicted molar refractivity (Wildman–Crippen MR) is 108 cm³/mol. The second-order valence-corrected chi connectivity index (χ2v) is 7.37. The number of nitrogens with one attached hydrogen (secondary N) is 2. The number of hydrogen-bond donors (Lipinski definition) is 2. The van der Waals surface area contributed by atoms with Gasteiger partial charge in [0.2, 0.25) is 5.91 Å². The summed E-state index contributed by atoms with van der Waals surface area (Å²) in [6.07, 6.45) is 0. The summed E-state index contributed by atoms with van der Waals surface area (Å²) in [7, 11) is 0. The van der Waals surface area contributed by atoms with Gasteiger partial charge in [-0.25, -0.2) is 0 Å². The molecule has 0 spiro atoms. The van der Waals surface area contributed by atoms with Gasteiger partial charge in [-0.3, -0.25) is 19.7 Å². The molecule has 2 aromatic rings. The highest BCUT2D eigenvalue weighted by Gasteiger charge is 2.24. The number of piperazine rings is 1. The Morgan fingerprint density at radius 2 is 1.83 bits per heavy atom. The quantitative estimate of drug-likeness (QED) is 0.539. The van der Waals surface area contributed by atoms with Crippen molar-refractivity contribution in [3.05, 3.63) is 74.8 Å². The van der Waals surface area contributed by atoms with Crippen molar-refractivity contribution in [3.63, 3.8) is 0 Å². The second kappa shape index (κ2) is 9.49. The fourth-order valence-electron chi connectivity index (χ4n) is 3.31. The molecule has 9 heteroatoms. The topological polar surface area (TPSA) is 97.0 Å². The molecule has 152 valence electrons. The Kier molecular flexibility index (Phi) is 6.79. The summed E-state index contributed by atoms with van der Waals surface area (Å²) < 4.78 is 0. The Morgan fingerprint density at radius 1 is 1.14 bits per heavy atom. The van der Waals surface area contributed by atoms with E-state index in [2.05, 4.69) is 17.4 Å². The summed E-state index contributed by atoms with van der Waals surface area (Å²) in [5.74, 6) is -0.745. The molecule has 3 rings (SSSR count). The summed E-state index contributed by atoms with van der Waals surface area (Å²) in [6.45, 7) is 3.70. The molecule has 1 aliphatic rings. The normalized spacial score (nSPS) is 14.4. The Bertz CT molecular complexity index is 899. The van der Waals surface area contributed by atoms with Crippen molar-refractivity contribution in [1.29, 1.82) is 0 Å². The molecule has 1 saturated heterocycles. The van der Waals surface area contributed by atoms with Gasteiger partial charge in [0.15, 0.2) is 0 Å². The minimum absolute atomic E-state index is 0.0501. The molecule has 0 radical (unpaired) electrons. The van der Waals surface area contributed by atoms with E-state index < -0.39 is 10.8 Å². The SMILES string of the molecule is O=C(NCC(=O)N1CC[NH+](Cc2ccccc2)CC1)c1cc(Cl)cc([N+](=O)[O-])c1. The number of halogens is 1. The van der Waals surface area contributed by atoms with Gasteiger partial charge in [0.1, 0.15) is 6.54 Å². The van der Waals surface area contributed by atoms with Crippen LogP contribution in [0, 0.1) is 10.1 Å². The lowest BCUT2D eigenvalue weighted by Gasteiger charge is -2.32. The van der Waals surface area contributed by atoms with Gasteiger partial charge in [0.25, 0.3) is 11.6 Å². The van der Waals surface area contributed by atoms with Gasteiger partial charge in [-0.1, -0.05) is 41.9 Å². The van der Waals surface area contributed by atoms with Crippen molar-refractivity contribution in [2.45, 2.75) is 6.54 Å². The largest absolute Gasteiger partial charge is 0.343 e. The molecule has 29 heavy (non-hydrogen) atoms. The molecule has 0 atom stereocenters. The third-order valence-corrected chi connectivity index (χ3v) is 5.09. The van der Waals surface area contributed by atoms with E-state index in [1.54, 1.807) is 4.90 Å². The number of nitro groups is 1. The van der Waals surface area contributed by atoms with Crippen LogP contribution in [0.15, 0.2) is 48.5 Å². The van der Waals surface area contributed by atoms with Crippen LogP contribution in [-0.2, 0) is 11.3 Å². The second-order valence-electron chi connectivity index (χ2n) is 6.93. The van der Waals surface area contributed by atoms with E-state index in [-0.39, 0.29) is 28.7 Å². The van der Waals surface area contributed by atoms with Gasteiger partial charge in [-0.2, -0.15) is 0 Å². The van der Waals surface area contributed by atoms with Crippen LogP contribution in [0.25, 0.3) is 0 Å². The first-order valence-corrected chi connectivity index (χ1v) is 9.68. The molecule has 0 aromatic heterocycles. The molecule has 2 aromatic carbocycles. The number of quaternary nitrogens is 1. The lowest BCUT2D eigenvalue weighted by molar-refractivity contribution is -0.917. The molecular weight excluding hydrogens is 396 g/mol. The number of benzene rings is 2. The van der Waals surface area contributed by atoms with Crippen LogP contribution in [0.1, 0.15) is 15.9 Å². The van der Waals surface area contributed by atoms with E-state index in [1.165, 1.54) is 22.6 Å². The lowest BCUT2D eigenvalue weighted by Crippen LogP contribution is -3.13. The fourth-order valence-corrected chi connectivity index (χ4v) is 3.54. The van der Waals surface area contributed by atoms with Crippen molar-refractivity contribution < 1.29 is 19.4 Å². The van der Waals surface area contributed by atoms with Crippen LogP contribution in [0.4, 0.5) is 5.69 Å². The van der Waals surface area contributed by atoms with E-state index in [4.69, 9.17) is 11.6 Å². The Labute approximate surface area is 173 Å². The van der Waals surface area contributed by atoms with Crippen molar-refractivity contribution in [1.82, 2.24) is 10.2 Å². The Hall–Kier alpha value is -2.97. The summed E-state index contributed by atoms with van der Waals surface area (Å²) >= 11 is 5.83. The number of non-ortho nitro benzene ring substituents is 1. The van der Waals surface area contributed by atoms with Gasteiger partial charge in [-0.15, -0.1) is 0 Å². The summed E-state index contributed by atoms with van der Waals surface area (Å²) in [6, 6.07) is 13.9. The third kappa shape index (κ3) is 5.75. The Morgan fingerprint density at radius 3 is 2.48 bits per heavy atom. The number of rotatable bonds is 6. The molecule has 0 aliphatic carbocycles. The summed E-state index contributed by atoms with van der Waals surface area (Å²) in [5.41, 5.74) is 1.05. The highest BCUT2D eigenvalue weighted by molar-refractivity contribution is 6.31. The van der Waals surface area contributed by atoms with Crippen LogP contribution in [0.5, 0.6) is 0 Å². The molecule has 8 nitrogen and oxygen atoms in total. The molecule has 1 fully saturated rings.